The maximum Gasteiger partial charge on any atom is 0.287 e. The first-order chi connectivity index (χ1) is 8.69. The smallest absolute Gasteiger partial charge is 0.287 e. The lowest BCUT2D eigenvalue weighted by Crippen LogP contribution is -2.57. The van der Waals surface area contributed by atoms with E-state index in [1.54, 1.807) is 6.20 Å². The van der Waals surface area contributed by atoms with Crippen molar-refractivity contribution in [3.8, 4) is 0 Å². The largest absolute Gasteiger partial charge is 0.364 e. The summed E-state index contributed by atoms with van der Waals surface area (Å²) in [4.78, 5) is 14.2. The molecule has 0 aliphatic carbocycles. The summed E-state index contributed by atoms with van der Waals surface area (Å²) in [7, 11) is 0. The number of aromatic nitrogens is 2. The highest BCUT2D eigenvalue weighted by molar-refractivity contribution is 6.33. The van der Waals surface area contributed by atoms with E-state index in [-0.39, 0.29) is 10.6 Å². The van der Waals surface area contributed by atoms with Crippen molar-refractivity contribution >= 4 is 17.3 Å². The van der Waals surface area contributed by atoms with Crippen LogP contribution < -0.4 is 15.8 Å². The Balaban J connectivity index is 2.32. The predicted octanol–water partition coefficient (Wildman–Crippen LogP) is 1.10. The van der Waals surface area contributed by atoms with Gasteiger partial charge in [0.05, 0.1) is 17.9 Å². The van der Waals surface area contributed by atoms with Gasteiger partial charge in [-0.15, -0.1) is 0 Å². The zero-order valence-electron chi connectivity index (χ0n) is 10.8. The number of hydrogen-bond donors (Lipinski definition) is 1. The summed E-state index contributed by atoms with van der Waals surface area (Å²) >= 11 is 6.20. The monoisotopic (exact) mass is 270 g/mol. The summed E-state index contributed by atoms with van der Waals surface area (Å²) < 4.78 is 1.43. The molecule has 1 fully saturated rings. The number of hydrogen-bond acceptors (Lipinski definition) is 4. The number of halogens is 1. The van der Waals surface area contributed by atoms with Crippen molar-refractivity contribution in [2.75, 3.05) is 24.5 Å². The number of aryl methyl sites for hydroxylation is 1. The van der Waals surface area contributed by atoms with Gasteiger partial charge >= 0.3 is 0 Å². The average molecular weight is 271 g/mol. The van der Waals surface area contributed by atoms with Gasteiger partial charge in [0.1, 0.15) is 5.02 Å². The topological polar surface area (TPSA) is 50.2 Å². The van der Waals surface area contributed by atoms with E-state index in [9.17, 15) is 4.79 Å². The lowest BCUT2D eigenvalue weighted by atomic mass is 10.1. The number of nitrogens with one attached hydrogen (secondary N) is 1. The maximum atomic E-state index is 12.1. The molecule has 6 heteroatoms. The van der Waals surface area contributed by atoms with Crippen LogP contribution in [0, 0.1) is 0 Å². The van der Waals surface area contributed by atoms with Crippen LogP contribution in [0.2, 0.25) is 5.02 Å². The SMILES string of the molecule is CCCn1ncc(N(CC)C2CNC2)c(Cl)c1=O. The van der Waals surface area contributed by atoms with Gasteiger partial charge in [-0.25, -0.2) is 4.68 Å². The molecule has 0 amide bonds. The van der Waals surface area contributed by atoms with Crippen LogP contribution in [0.3, 0.4) is 0 Å². The molecule has 0 unspecified atom stereocenters. The van der Waals surface area contributed by atoms with E-state index in [0.29, 0.717) is 12.6 Å². The quantitative estimate of drug-likeness (QED) is 0.871. The molecule has 2 heterocycles. The Bertz CT molecular complexity index is 470. The van der Waals surface area contributed by atoms with Gasteiger partial charge in [-0.2, -0.15) is 5.10 Å². The van der Waals surface area contributed by atoms with Crippen molar-refractivity contribution < 1.29 is 0 Å². The van der Waals surface area contributed by atoms with E-state index in [0.717, 1.165) is 31.7 Å². The normalized spacial score (nSPS) is 15.5. The summed E-state index contributed by atoms with van der Waals surface area (Å²) in [6, 6.07) is 0.413. The molecule has 1 aromatic heterocycles. The highest BCUT2D eigenvalue weighted by atomic mass is 35.5. The lowest BCUT2D eigenvalue weighted by molar-refractivity contribution is 0.416. The first-order valence-corrected chi connectivity index (χ1v) is 6.79. The molecule has 1 aliphatic heterocycles. The van der Waals surface area contributed by atoms with Crippen LogP contribution in [0.15, 0.2) is 11.0 Å². The van der Waals surface area contributed by atoms with Crippen molar-refractivity contribution in [3.63, 3.8) is 0 Å². The molecule has 0 atom stereocenters. The van der Waals surface area contributed by atoms with Gasteiger partial charge in [0.2, 0.25) is 0 Å². The standard InChI is InChI=1S/C12H19ClN4O/c1-3-5-17-12(18)11(13)10(8-15-17)16(4-2)9-6-14-7-9/h8-9,14H,3-7H2,1-2H3. The van der Waals surface area contributed by atoms with E-state index >= 15 is 0 Å². The third-order valence-corrected chi connectivity index (χ3v) is 3.61. The lowest BCUT2D eigenvalue weighted by Gasteiger charge is -2.39. The second-order valence-electron chi connectivity index (χ2n) is 4.47. The van der Waals surface area contributed by atoms with Crippen molar-refractivity contribution in [1.82, 2.24) is 15.1 Å². The Morgan fingerprint density at radius 3 is 2.78 bits per heavy atom. The molecule has 5 nitrogen and oxygen atoms in total. The summed E-state index contributed by atoms with van der Waals surface area (Å²) in [5, 5.41) is 7.70. The van der Waals surface area contributed by atoms with Gasteiger partial charge in [-0.3, -0.25) is 4.79 Å². The fourth-order valence-electron chi connectivity index (χ4n) is 2.15. The minimum Gasteiger partial charge on any atom is -0.364 e. The molecule has 1 saturated heterocycles. The molecular weight excluding hydrogens is 252 g/mol. The van der Waals surface area contributed by atoms with E-state index in [2.05, 4.69) is 22.2 Å². The Morgan fingerprint density at radius 2 is 2.28 bits per heavy atom. The third-order valence-electron chi connectivity index (χ3n) is 3.25. The van der Waals surface area contributed by atoms with Crippen molar-refractivity contribution in [1.29, 1.82) is 0 Å². The summed E-state index contributed by atoms with van der Waals surface area (Å²) in [6.07, 6.45) is 2.58. The number of nitrogens with zero attached hydrogens (tertiary/aromatic N) is 3. The summed E-state index contributed by atoms with van der Waals surface area (Å²) in [6.45, 7) is 7.37. The fraction of sp³-hybridized carbons (Fsp3) is 0.667. The highest BCUT2D eigenvalue weighted by Crippen LogP contribution is 2.24. The fourth-order valence-corrected chi connectivity index (χ4v) is 2.40. The first kappa shape index (κ1) is 13.4. The summed E-state index contributed by atoms with van der Waals surface area (Å²) in [5.41, 5.74) is 0.560. The van der Waals surface area contributed by atoms with Crippen LogP contribution in [-0.4, -0.2) is 35.5 Å². The Hall–Kier alpha value is -1.07. The molecule has 18 heavy (non-hydrogen) atoms. The minimum atomic E-state index is -0.193. The van der Waals surface area contributed by atoms with Crippen LogP contribution in [0.25, 0.3) is 0 Å². The Morgan fingerprint density at radius 1 is 1.56 bits per heavy atom. The maximum absolute atomic E-state index is 12.1. The Kier molecular flexibility index (Phi) is 4.24. The van der Waals surface area contributed by atoms with Crippen LogP contribution in [0.5, 0.6) is 0 Å². The second kappa shape index (κ2) is 5.71. The van der Waals surface area contributed by atoms with E-state index in [1.165, 1.54) is 4.68 Å². The predicted molar refractivity (Wildman–Crippen MR) is 73.5 cm³/mol. The third kappa shape index (κ3) is 2.37. The van der Waals surface area contributed by atoms with Gasteiger partial charge in [0, 0.05) is 26.2 Å². The number of likely N-dealkylation sites (N-methyl/N-ethyl adjacent to an activating group) is 1. The van der Waals surface area contributed by atoms with Crippen molar-refractivity contribution in [3.05, 3.63) is 21.6 Å². The van der Waals surface area contributed by atoms with Crippen LogP contribution in [-0.2, 0) is 6.54 Å². The molecular formula is C12H19ClN4O. The van der Waals surface area contributed by atoms with Gasteiger partial charge in [-0.1, -0.05) is 18.5 Å². The number of rotatable bonds is 5. The minimum absolute atomic E-state index is 0.193. The van der Waals surface area contributed by atoms with E-state index in [4.69, 9.17) is 11.6 Å². The molecule has 1 N–H and O–H groups in total. The van der Waals surface area contributed by atoms with Crippen molar-refractivity contribution in [2.24, 2.45) is 0 Å². The van der Waals surface area contributed by atoms with Gasteiger partial charge in [0.15, 0.2) is 0 Å². The molecule has 2 rings (SSSR count). The highest BCUT2D eigenvalue weighted by Gasteiger charge is 2.26. The molecule has 0 spiro atoms. The van der Waals surface area contributed by atoms with Gasteiger partial charge in [-0.05, 0) is 13.3 Å². The molecule has 0 saturated carbocycles. The van der Waals surface area contributed by atoms with Crippen LogP contribution in [0.4, 0.5) is 5.69 Å². The Labute approximate surface area is 112 Å². The molecule has 1 aromatic rings. The van der Waals surface area contributed by atoms with Gasteiger partial charge in [0.25, 0.3) is 5.56 Å². The van der Waals surface area contributed by atoms with Gasteiger partial charge < -0.3 is 10.2 Å². The molecule has 0 aromatic carbocycles. The molecule has 100 valence electrons. The molecule has 0 bridgehead atoms. The molecule has 1 aliphatic rings. The van der Waals surface area contributed by atoms with Crippen LogP contribution in [0.1, 0.15) is 20.3 Å². The zero-order chi connectivity index (χ0) is 13.1. The zero-order valence-corrected chi connectivity index (χ0v) is 11.6. The number of anilines is 1. The van der Waals surface area contributed by atoms with Crippen molar-refractivity contribution in [2.45, 2.75) is 32.9 Å². The first-order valence-electron chi connectivity index (χ1n) is 6.42. The summed E-state index contributed by atoms with van der Waals surface area (Å²) in [5.74, 6) is 0. The van der Waals surface area contributed by atoms with Crippen LogP contribution >= 0.6 is 11.6 Å². The molecule has 0 radical (unpaired) electrons. The van der Waals surface area contributed by atoms with E-state index in [1.807, 2.05) is 6.92 Å². The van der Waals surface area contributed by atoms with E-state index < -0.39 is 0 Å². The average Bonchev–Trinajstić information content (AvgIpc) is 2.31. The second-order valence-corrected chi connectivity index (χ2v) is 4.85.